The minimum absolute atomic E-state index is 0. The standard InChI is InChI=1S/C10H18O4.Na/c1-2-13-8-9-14-7-5-3-4-6-10(11)12;/h2H,1,3-9H2,(H,11,12);/q;+1/p-1. The van der Waals surface area contributed by atoms with Gasteiger partial charge in [0.1, 0.15) is 6.61 Å². The Morgan fingerprint density at radius 3 is 2.53 bits per heavy atom. The van der Waals surface area contributed by atoms with E-state index in [0.717, 1.165) is 12.8 Å². The van der Waals surface area contributed by atoms with E-state index in [1.54, 1.807) is 0 Å². The number of carboxylic acid groups (broad SMARTS) is 1. The van der Waals surface area contributed by atoms with E-state index in [0.29, 0.717) is 26.2 Å². The molecule has 0 N–H and O–H groups in total. The van der Waals surface area contributed by atoms with Gasteiger partial charge in [-0.2, -0.15) is 0 Å². The average molecular weight is 224 g/mol. The van der Waals surface area contributed by atoms with Gasteiger partial charge < -0.3 is 19.4 Å². The van der Waals surface area contributed by atoms with Crippen molar-refractivity contribution >= 4 is 5.97 Å². The van der Waals surface area contributed by atoms with E-state index in [1.807, 2.05) is 0 Å². The normalized spacial score (nSPS) is 9.07. The van der Waals surface area contributed by atoms with Crippen LogP contribution in [0.1, 0.15) is 25.7 Å². The molecule has 0 atom stereocenters. The molecule has 0 fully saturated rings. The molecule has 0 aromatic carbocycles. The maximum absolute atomic E-state index is 10.0. The summed E-state index contributed by atoms with van der Waals surface area (Å²) in [5, 5.41) is 10.0. The minimum Gasteiger partial charge on any atom is -0.550 e. The SMILES string of the molecule is C=COCCOCCCCCC(=O)[O-].[Na+]. The molecule has 0 spiro atoms. The third kappa shape index (κ3) is 16.6. The second-order valence-electron chi connectivity index (χ2n) is 2.83. The van der Waals surface area contributed by atoms with Gasteiger partial charge in [0.2, 0.25) is 0 Å². The summed E-state index contributed by atoms with van der Waals surface area (Å²) in [7, 11) is 0. The molecule has 82 valence electrons. The Morgan fingerprint density at radius 2 is 1.93 bits per heavy atom. The van der Waals surface area contributed by atoms with Crippen molar-refractivity contribution in [2.45, 2.75) is 25.7 Å². The van der Waals surface area contributed by atoms with Crippen LogP contribution in [0.5, 0.6) is 0 Å². The molecule has 0 saturated carbocycles. The van der Waals surface area contributed by atoms with Gasteiger partial charge in [-0.3, -0.25) is 0 Å². The number of carboxylic acids is 1. The third-order valence-corrected chi connectivity index (χ3v) is 1.63. The molecule has 0 aliphatic carbocycles. The Labute approximate surface area is 113 Å². The van der Waals surface area contributed by atoms with Crippen molar-refractivity contribution in [1.82, 2.24) is 0 Å². The van der Waals surface area contributed by atoms with E-state index in [4.69, 9.17) is 9.47 Å². The van der Waals surface area contributed by atoms with Crippen LogP contribution in [0, 0.1) is 0 Å². The van der Waals surface area contributed by atoms with E-state index >= 15 is 0 Å². The number of rotatable bonds is 10. The predicted octanol–water partition coefficient (Wildman–Crippen LogP) is -2.52. The number of hydrogen-bond donors (Lipinski definition) is 0. The van der Waals surface area contributed by atoms with Crippen LogP contribution in [-0.4, -0.2) is 25.8 Å². The van der Waals surface area contributed by atoms with Crippen molar-refractivity contribution in [3.8, 4) is 0 Å². The molecule has 0 aromatic rings. The van der Waals surface area contributed by atoms with Gasteiger partial charge in [-0.15, -0.1) is 0 Å². The first-order chi connectivity index (χ1) is 6.77. The Balaban J connectivity index is 0. The van der Waals surface area contributed by atoms with E-state index in [9.17, 15) is 9.90 Å². The van der Waals surface area contributed by atoms with Crippen molar-refractivity contribution in [3.63, 3.8) is 0 Å². The molecule has 0 rings (SSSR count). The van der Waals surface area contributed by atoms with E-state index in [2.05, 4.69) is 6.58 Å². The summed E-state index contributed by atoms with van der Waals surface area (Å²) in [6, 6.07) is 0. The Kier molecular flexibility index (Phi) is 16.2. The first kappa shape index (κ1) is 17.4. The van der Waals surface area contributed by atoms with Gasteiger partial charge in [0.25, 0.3) is 0 Å². The van der Waals surface area contributed by atoms with Crippen molar-refractivity contribution < 1.29 is 48.9 Å². The maximum atomic E-state index is 10.0. The van der Waals surface area contributed by atoms with Crippen LogP contribution in [-0.2, 0) is 14.3 Å². The number of ether oxygens (including phenoxy) is 2. The van der Waals surface area contributed by atoms with Gasteiger partial charge >= 0.3 is 29.6 Å². The Hall–Kier alpha value is -0.0300. The van der Waals surface area contributed by atoms with Gasteiger partial charge in [-0.1, -0.05) is 13.0 Å². The van der Waals surface area contributed by atoms with Crippen molar-refractivity contribution in [3.05, 3.63) is 12.8 Å². The monoisotopic (exact) mass is 224 g/mol. The van der Waals surface area contributed by atoms with E-state index in [-0.39, 0.29) is 36.0 Å². The number of hydrogen-bond acceptors (Lipinski definition) is 4. The van der Waals surface area contributed by atoms with Gasteiger partial charge in [-0.25, -0.2) is 0 Å². The van der Waals surface area contributed by atoms with Gasteiger partial charge in [0, 0.05) is 12.6 Å². The molecular formula is C10H17NaO4. The van der Waals surface area contributed by atoms with Crippen molar-refractivity contribution in [2.75, 3.05) is 19.8 Å². The molecule has 5 heteroatoms. The van der Waals surface area contributed by atoms with Crippen LogP contribution in [0.2, 0.25) is 0 Å². The van der Waals surface area contributed by atoms with E-state index < -0.39 is 5.97 Å². The number of unbranched alkanes of at least 4 members (excludes halogenated alkanes) is 2. The molecule has 0 aromatic heterocycles. The van der Waals surface area contributed by atoms with Crippen LogP contribution in [0.3, 0.4) is 0 Å². The summed E-state index contributed by atoms with van der Waals surface area (Å²) < 4.78 is 10.1. The summed E-state index contributed by atoms with van der Waals surface area (Å²) in [5.41, 5.74) is 0. The molecule has 0 amide bonds. The Morgan fingerprint density at radius 1 is 1.20 bits per heavy atom. The van der Waals surface area contributed by atoms with Gasteiger partial charge in [-0.05, 0) is 19.3 Å². The molecule has 15 heavy (non-hydrogen) atoms. The van der Waals surface area contributed by atoms with E-state index in [1.165, 1.54) is 6.26 Å². The molecule has 4 nitrogen and oxygen atoms in total. The molecule has 0 heterocycles. The molecule has 0 saturated heterocycles. The minimum atomic E-state index is -0.981. The summed E-state index contributed by atoms with van der Waals surface area (Å²) >= 11 is 0. The predicted molar refractivity (Wildman–Crippen MR) is 50.4 cm³/mol. The smallest absolute Gasteiger partial charge is 0.550 e. The fourth-order valence-corrected chi connectivity index (χ4v) is 0.943. The van der Waals surface area contributed by atoms with Gasteiger partial charge in [0.05, 0.1) is 12.9 Å². The van der Waals surface area contributed by atoms with Gasteiger partial charge in [0.15, 0.2) is 0 Å². The second-order valence-corrected chi connectivity index (χ2v) is 2.83. The first-order valence-electron chi connectivity index (χ1n) is 4.77. The summed E-state index contributed by atoms with van der Waals surface area (Å²) in [6.07, 6.45) is 3.91. The zero-order valence-electron chi connectivity index (χ0n) is 9.37. The number of aliphatic carboxylic acids is 1. The molecule has 0 bridgehead atoms. The summed E-state index contributed by atoms with van der Waals surface area (Å²) in [6.45, 7) is 5.11. The van der Waals surface area contributed by atoms with Crippen LogP contribution >= 0.6 is 0 Å². The fraction of sp³-hybridized carbons (Fsp3) is 0.700. The topological polar surface area (TPSA) is 58.6 Å². The van der Waals surface area contributed by atoms with Crippen LogP contribution < -0.4 is 34.7 Å². The molecule has 0 radical (unpaired) electrons. The van der Waals surface area contributed by atoms with Crippen LogP contribution in [0.25, 0.3) is 0 Å². The first-order valence-corrected chi connectivity index (χ1v) is 4.77. The van der Waals surface area contributed by atoms with Crippen molar-refractivity contribution in [2.24, 2.45) is 0 Å². The number of carbonyl (C=O) groups excluding carboxylic acids is 1. The summed E-state index contributed by atoms with van der Waals surface area (Å²) in [5.74, 6) is -0.981. The Bertz CT molecular complexity index is 162. The zero-order chi connectivity index (χ0) is 10.6. The maximum Gasteiger partial charge on any atom is 1.00 e. The average Bonchev–Trinajstić information content (AvgIpc) is 2.15. The van der Waals surface area contributed by atoms with Crippen LogP contribution in [0.15, 0.2) is 12.8 Å². The largest absolute Gasteiger partial charge is 1.00 e. The molecule has 0 aliphatic rings. The quantitative estimate of drug-likeness (QED) is 0.233. The molecule has 0 aliphatic heterocycles. The number of carbonyl (C=O) groups is 1. The molecule has 0 unspecified atom stereocenters. The zero-order valence-corrected chi connectivity index (χ0v) is 11.4. The van der Waals surface area contributed by atoms with Crippen LogP contribution in [0.4, 0.5) is 0 Å². The molecular weight excluding hydrogens is 207 g/mol. The second kappa shape index (κ2) is 14.0. The fourth-order valence-electron chi connectivity index (χ4n) is 0.943. The summed E-state index contributed by atoms with van der Waals surface area (Å²) in [4.78, 5) is 10.0. The van der Waals surface area contributed by atoms with Crippen molar-refractivity contribution in [1.29, 1.82) is 0 Å². The third-order valence-electron chi connectivity index (χ3n) is 1.63.